The van der Waals surface area contributed by atoms with Crippen molar-refractivity contribution in [1.29, 1.82) is 0 Å². The van der Waals surface area contributed by atoms with Gasteiger partial charge in [0.15, 0.2) is 0 Å². The summed E-state index contributed by atoms with van der Waals surface area (Å²) in [5.41, 5.74) is 2.00. The van der Waals surface area contributed by atoms with Gasteiger partial charge in [0.2, 0.25) is 0 Å². The van der Waals surface area contributed by atoms with E-state index in [4.69, 9.17) is 0 Å². The molecule has 0 aliphatic carbocycles. The molecule has 0 bridgehead atoms. The summed E-state index contributed by atoms with van der Waals surface area (Å²) in [7, 11) is 0. The number of nitro benzene ring substituents is 1. The molecule has 1 N–H and O–H groups in total. The summed E-state index contributed by atoms with van der Waals surface area (Å²) < 4.78 is 0.967. The number of hydrogen-bond donors (Lipinski definition) is 1. The minimum atomic E-state index is -0.470. The van der Waals surface area contributed by atoms with E-state index >= 15 is 0 Å². The average molecular weight is 418 g/mol. The van der Waals surface area contributed by atoms with Gasteiger partial charge in [0.25, 0.3) is 11.6 Å². The Labute approximate surface area is 160 Å². The highest BCUT2D eigenvalue weighted by Crippen LogP contribution is 2.29. The Kier molecular flexibility index (Phi) is 5.56. The van der Waals surface area contributed by atoms with Crippen molar-refractivity contribution in [3.63, 3.8) is 0 Å². The summed E-state index contributed by atoms with van der Waals surface area (Å²) in [5, 5.41) is 14.1. The largest absolute Gasteiger partial charge is 0.371 e. The van der Waals surface area contributed by atoms with E-state index in [1.54, 1.807) is 6.07 Å². The highest BCUT2D eigenvalue weighted by molar-refractivity contribution is 9.10. The smallest absolute Gasteiger partial charge is 0.270 e. The van der Waals surface area contributed by atoms with E-state index in [0.717, 1.165) is 41.7 Å². The summed E-state index contributed by atoms with van der Waals surface area (Å²) in [6, 6.07) is 12.0. The standard InChI is InChI=1S/C19H20BrN3O3/c1-13(14-4-6-15(20)7-5-14)21-19(24)17-12-16(23(25)26)8-9-18(17)22-10-2-3-11-22/h4-9,12-13H,2-3,10-11H2,1H3,(H,21,24). The quantitative estimate of drug-likeness (QED) is 0.575. The number of carbonyl (C=O) groups excluding carboxylic acids is 1. The number of carbonyl (C=O) groups is 1. The van der Waals surface area contributed by atoms with Crippen LogP contribution < -0.4 is 10.2 Å². The number of non-ortho nitro benzene ring substituents is 1. The molecule has 0 saturated carbocycles. The zero-order chi connectivity index (χ0) is 18.7. The first-order valence-electron chi connectivity index (χ1n) is 8.55. The molecule has 1 aliphatic rings. The van der Waals surface area contributed by atoms with Crippen molar-refractivity contribution in [2.24, 2.45) is 0 Å². The Morgan fingerprint density at radius 1 is 1.19 bits per heavy atom. The molecule has 1 fully saturated rings. The van der Waals surface area contributed by atoms with Crippen LogP contribution in [0.1, 0.15) is 41.7 Å². The van der Waals surface area contributed by atoms with Crippen molar-refractivity contribution >= 4 is 33.2 Å². The second-order valence-electron chi connectivity index (χ2n) is 6.40. The highest BCUT2D eigenvalue weighted by atomic mass is 79.9. The zero-order valence-corrected chi connectivity index (χ0v) is 16.0. The number of anilines is 1. The molecule has 1 unspecified atom stereocenters. The van der Waals surface area contributed by atoms with Gasteiger partial charge in [0.1, 0.15) is 0 Å². The van der Waals surface area contributed by atoms with E-state index in [9.17, 15) is 14.9 Å². The molecule has 136 valence electrons. The van der Waals surface area contributed by atoms with E-state index in [0.29, 0.717) is 5.56 Å². The molecule has 1 aliphatic heterocycles. The molecule has 0 radical (unpaired) electrons. The Hall–Kier alpha value is -2.41. The van der Waals surface area contributed by atoms with E-state index in [-0.39, 0.29) is 17.6 Å². The molecule has 3 rings (SSSR count). The number of nitrogens with one attached hydrogen (secondary N) is 1. The van der Waals surface area contributed by atoms with E-state index in [2.05, 4.69) is 26.1 Å². The molecule has 1 amide bonds. The van der Waals surface area contributed by atoms with Gasteiger partial charge in [-0.05, 0) is 43.5 Å². The third kappa shape index (κ3) is 4.04. The third-order valence-corrected chi connectivity index (χ3v) is 5.13. The zero-order valence-electron chi connectivity index (χ0n) is 14.4. The number of hydrogen-bond acceptors (Lipinski definition) is 4. The van der Waals surface area contributed by atoms with Crippen LogP contribution in [0.4, 0.5) is 11.4 Å². The summed E-state index contributed by atoms with van der Waals surface area (Å²) in [4.78, 5) is 25.7. The number of benzene rings is 2. The fourth-order valence-corrected chi connectivity index (χ4v) is 3.43. The maximum absolute atomic E-state index is 12.9. The van der Waals surface area contributed by atoms with Crippen LogP contribution in [-0.4, -0.2) is 23.9 Å². The minimum Gasteiger partial charge on any atom is -0.371 e. The van der Waals surface area contributed by atoms with E-state index in [1.165, 1.54) is 12.1 Å². The van der Waals surface area contributed by atoms with Gasteiger partial charge in [0, 0.05) is 29.7 Å². The lowest BCUT2D eigenvalue weighted by molar-refractivity contribution is -0.384. The van der Waals surface area contributed by atoms with Crippen molar-refractivity contribution in [2.75, 3.05) is 18.0 Å². The number of amides is 1. The Balaban J connectivity index is 1.87. The van der Waals surface area contributed by atoms with Gasteiger partial charge in [-0.25, -0.2) is 0 Å². The van der Waals surface area contributed by atoms with Crippen molar-refractivity contribution < 1.29 is 9.72 Å². The number of halogens is 1. The number of nitrogens with zero attached hydrogens (tertiary/aromatic N) is 2. The lowest BCUT2D eigenvalue weighted by Crippen LogP contribution is -2.29. The lowest BCUT2D eigenvalue weighted by atomic mass is 10.1. The summed E-state index contributed by atoms with van der Waals surface area (Å²) in [6.07, 6.45) is 2.13. The predicted molar refractivity (Wildman–Crippen MR) is 105 cm³/mol. The van der Waals surface area contributed by atoms with Crippen molar-refractivity contribution in [3.05, 3.63) is 68.2 Å². The molecule has 1 atom stereocenters. The monoisotopic (exact) mass is 417 g/mol. The van der Waals surface area contributed by atoms with Crippen molar-refractivity contribution in [2.45, 2.75) is 25.8 Å². The van der Waals surface area contributed by atoms with E-state index in [1.807, 2.05) is 31.2 Å². The predicted octanol–water partition coefficient (Wildman–Crippen LogP) is 4.45. The number of nitro groups is 1. The molecule has 6 nitrogen and oxygen atoms in total. The number of rotatable bonds is 5. The van der Waals surface area contributed by atoms with Gasteiger partial charge in [-0.2, -0.15) is 0 Å². The first-order chi connectivity index (χ1) is 12.5. The van der Waals surface area contributed by atoms with Crippen LogP contribution >= 0.6 is 15.9 Å². The highest BCUT2D eigenvalue weighted by Gasteiger charge is 2.23. The fraction of sp³-hybridized carbons (Fsp3) is 0.316. The van der Waals surface area contributed by atoms with Crippen LogP contribution in [-0.2, 0) is 0 Å². The summed E-state index contributed by atoms with van der Waals surface area (Å²) in [6.45, 7) is 3.62. The topological polar surface area (TPSA) is 75.5 Å². The van der Waals surface area contributed by atoms with Crippen LogP contribution in [0.25, 0.3) is 0 Å². The maximum Gasteiger partial charge on any atom is 0.270 e. The van der Waals surface area contributed by atoms with Gasteiger partial charge >= 0.3 is 0 Å². The third-order valence-electron chi connectivity index (χ3n) is 4.60. The molecule has 26 heavy (non-hydrogen) atoms. The van der Waals surface area contributed by atoms with Crippen LogP contribution in [0.5, 0.6) is 0 Å². The van der Waals surface area contributed by atoms with Gasteiger partial charge in [-0.3, -0.25) is 14.9 Å². The lowest BCUT2D eigenvalue weighted by Gasteiger charge is -2.22. The Morgan fingerprint density at radius 2 is 1.85 bits per heavy atom. The molecule has 2 aromatic rings. The summed E-state index contributed by atoms with van der Waals surface area (Å²) >= 11 is 3.39. The molecular formula is C19H20BrN3O3. The molecule has 0 aromatic heterocycles. The average Bonchev–Trinajstić information content (AvgIpc) is 3.16. The molecule has 1 saturated heterocycles. The first kappa shape index (κ1) is 18.4. The van der Waals surface area contributed by atoms with Crippen LogP contribution in [0.2, 0.25) is 0 Å². The molecular weight excluding hydrogens is 398 g/mol. The van der Waals surface area contributed by atoms with E-state index < -0.39 is 4.92 Å². The van der Waals surface area contributed by atoms with Crippen LogP contribution in [0.15, 0.2) is 46.9 Å². The van der Waals surface area contributed by atoms with Gasteiger partial charge < -0.3 is 10.2 Å². The van der Waals surface area contributed by atoms with Crippen molar-refractivity contribution in [1.82, 2.24) is 5.32 Å². The minimum absolute atomic E-state index is 0.0746. The first-order valence-corrected chi connectivity index (χ1v) is 9.35. The summed E-state index contributed by atoms with van der Waals surface area (Å²) in [5.74, 6) is -0.300. The molecule has 1 heterocycles. The van der Waals surface area contributed by atoms with Crippen LogP contribution in [0.3, 0.4) is 0 Å². The molecule has 7 heteroatoms. The van der Waals surface area contributed by atoms with Gasteiger partial charge in [0.05, 0.1) is 22.2 Å². The second kappa shape index (κ2) is 7.86. The maximum atomic E-state index is 12.9. The molecule has 2 aromatic carbocycles. The SMILES string of the molecule is CC(NC(=O)c1cc([N+](=O)[O-])ccc1N1CCCC1)c1ccc(Br)cc1. The van der Waals surface area contributed by atoms with Gasteiger partial charge in [-0.15, -0.1) is 0 Å². The second-order valence-corrected chi connectivity index (χ2v) is 7.32. The Bertz CT molecular complexity index is 817. The normalized spacial score (nSPS) is 14.9. The fourth-order valence-electron chi connectivity index (χ4n) is 3.16. The van der Waals surface area contributed by atoms with Crippen LogP contribution in [0, 0.1) is 10.1 Å². The Morgan fingerprint density at radius 3 is 2.46 bits per heavy atom. The van der Waals surface area contributed by atoms with Crippen molar-refractivity contribution in [3.8, 4) is 0 Å². The molecule has 0 spiro atoms. The van der Waals surface area contributed by atoms with Gasteiger partial charge in [-0.1, -0.05) is 28.1 Å².